The van der Waals surface area contributed by atoms with Gasteiger partial charge in [0, 0.05) is 19.2 Å². The Morgan fingerprint density at radius 3 is 2.23 bits per heavy atom. The molecule has 2 rings (SSSR count). The lowest BCUT2D eigenvalue weighted by atomic mass is 10.2. The normalized spacial score (nSPS) is 12.2. The largest absolute Gasteiger partial charge is 0.481 e. The van der Waals surface area contributed by atoms with Gasteiger partial charge in [0.05, 0.1) is 10.6 Å². The van der Waals surface area contributed by atoms with Crippen molar-refractivity contribution in [2.45, 2.75) is 38.7 Å². The summed E-state index contributed by atoms with van der Waals surface area (Å²) >= 11 is 0. The molecule has 0 radical (unpaired) electrons. The summed E-state index contributed by atoms with van der Waals surface area (Å²) in [7, 11) is -3.84. The molecule has 0 aliphatic carbocycles. The van der Waals surface area contributed by atoms with Crippen LogP contribution in [0.1, 0.15) is 27.7 Å². The van der Waals surface area contributed by atoms with Crippen molar-refractivity contribution in [3.63, 3.8) is 0 Å². The van der Waals surface area contributed by atoms with E-state index in [1.54, 1.807) is 25.1 Å². The lowest BCUT2D eigenvalue weighted by Crippen LogP contribution is -2.38. The number of benzene rings is 2. The highest BCUT2D eigenvalue weighted by molar-refractivity contribution is 7.92. The van der Waals surface area contributed by atoms with Crippen molar-refractivity contribution in [3.8, 4) is 5.75 Å². The Morgan fingerprint density at radius 2 is 1.63 bits per heavy atom. The molecule has 8 nitrogen and oxygen atoms in total. The maximum atomic E-state index is 12.6. The number of nitrogens with one attached hydrogen (secondary N) is 3. The first kappa shape index (κ1) is 23.2. The Balaban J connectivity index is 2.04. The van der Waals surface area contributed by atoms with Crippen LogP contribution in [0.3, 0.4) is 0 Å². The number of rotatable bonds is 9. The fourth-order valence-corrected chi connectivity index (χ4v) is 3.53. The van der Waals surface area contributed by atoms with Crippen molar-refractivity contribution in [3.05, 3.63) is 48.5 Å². The van der Waals surface area contributed by atoms with Crippen molar-refractivity contribution in [2.75, 3.05) is 16.6 Å². The zero-order valence-corrected chi connectivity index (χ0v) is 18.2. The summed E-state index contributed by atoms with van der Waals surface area (Å²) in [4.78, 5) is 23.2. The summed E-state index contributed by atoms with van der Waals surface area (Å²) in [5.74, 6) is 0.227. The molecule has 0 aliphatic heterocycles. The molecule has 0 saturated heterocycles. The lowest BCUT2D eigenvalue weighted by Gasteiger charge is -2.16. The van der Waals surface area contributed by atoms with E-state index in [1.165, 1.54) is 37.3 Å². The van der Waals surface area contributed by atoms with Gasteiger partial charge in [0.25, 0.3) is 15.9 Å². The summed E-state index contributed by atoms with van der Waals surface area (Å²) in [6.45, 7) is 7.54. The van der Waals surface area contributed by atoms with E-state index in [0.717, 1.165) is 0 Å². The van der Waals surface area contributed by atoms with Crippen LogP contribution in [0, 0.1) is 5.92 Å². The molecule has 0 aromatic heterocycles. The maximum Gasteiger partial charge on any atom is 0.261 e. The second-order valence-electron chi connectivity index (χ2n) is 7.24. The molecule has 1 atom stereocenters. The van der Waals surface area contributed by atoms with Gasteiger partial charge in [-0.2, -0.15) is 0 Å². The van der Waals surface area contributed by atoms with E-state index < -0.39 is 16.1 Å². The highest BCUT2D eigenvalue weighted by atomic mass is 32.2. The van der Waals surface area contributed by atoms with Crippen LogP contribution >= 0.6 is 0 Å². The minimum atomic E-state index is -3.84. The van der Waals surface area contributed by atoms with Gasteiger partial charge >= 0.3 is 0 Å². The Labute approximate surface area is 177 Å². The van der Waals surface area contributed by atoms with Crippen molar-refractivity contribution in [2.24, 2.45) is 5.92 Å². The van der Waals surface area contributed by atoms with Gasteiger partial charge in [0.15, 0.2) is 6.10 Å². The van der Waals surface area contributed by atoms with Crippen LogP contribution in [0.5, 0.6) is 5.75 Å². The summed E-state index contributed by atoms with van der Waals surface area (Å²) in [5, 5.41) is 5.38. The molecule has 2 aromatic rings. The first-order valence-corrected chi connectivity index (χ1v) is 11.0. The molecule has 9 heteroatoms. The van der Waals surface area contributed by atoms with Gasteiger partial charge in [0.2, 0.25) is 5.91 Å². The minimum Gasteiger partial charge on any atom is -0.481 e. The summed E-state index contributed by atoms with van der Waals surface area (Å²) in [6.07, 6.45) is -0.708. The smallest absolute Gasteiger partial charge is 0.261 e. The fourth-order valence-electron chi connectivity index (χ4n) is 2.48. The van der Waals surface area contributed by atoms with E-state index in [9.17, 15) is 18.0 Å². The number of sulfonamides is 1. The minimum absolute atomic E-state index is 0.0386. The number of anilines is 2. The summed E-state index contributed by atoms with van der Waals surface area (Å²) in [6, 6.07) is 12.2. The van der Waals surface area contributed by atoms with Gasteiger partial charge in [0.1, 0.15) is 5.75 Å². The molecule has 0 fully saturated rings. The van der Waals surface area contributed by atoms with Crippen molar-refractivity contribution in [1.29, 1.82) is 0 Å². The van der Waals surface area contributed by atoms with Crippen LogP contribution in [-0.4, -0.2) is 32.9 Å². The molecule has 2 aromatic carbocycles. The average Bonchev–Trinajstić information content (AvgIpc) is 2.65. The van der Waals surface area contributed by atoms with Gasteiger partial charge in [-0.05, 0) is 55.3 Å². The highest BCUT2D eigenvalue weighted by Gasteiger charge is 2.17. The quantitative estimate of drug-likeness (QED) is 0.563. The molecule has 162 valence electrons. The average molecular weight is 434 g/mol. The molecule has 30 heavy (non-hydrogen) atoms. The van der Waals surface area contributed by atoms with Crippen LogP contribution in [0.2, 0.25) is 0 Å². The molecule has 0 spiro atoms. The van der Waals surface area contributed by atoms with E-state index in [1.807, 2.05) is 13.8 Å². The SMILES string of the molecule is CC(=O)Nc1cccc(NS(=O)(=O)c2ccc(O[C@@H](C)C(=O)NCC(C)C)cc2)c1. The standard InChI is InChI=1S/C21H27N3O5S/c1-14(2)13-22-21(26)15(3)29-19-8-10-20(11-9-19)30(27,28)24-18-7-5-6-17(12-18)23-16(4)25/h5-12,14-15,24H,13H2,1-4H3,(H,22,26)(H,23,25)/t15-/m0/s1. The Kier molecular flexibility index (Phi) is 7.82. The van der Waals surface area contributed by atoms with Crippen LogP contribution in [-0.2, 0) is 19.6 Å². The third kappa shape index (κ3) is 7.07. The monoisotopic (exact) mass is 433 g/mol. The third-order valence-corrected chi connectivity index (χ3v) is 5.33. The second-order valence-corrected chi connectivity index (χ2v) is 8.92. The van der Waals surface area contributed by atoms with Gasteiger partial charge in [-0.15, -0.1) is 0 Å². The first-order valence-electron chi connectivity index (χ1n) is 9.51. The van der Waals surface area contributed by atoms with E-state index in [2.05, 4.69) is 15.4 Å². The number of carbonyl (C=O) groups excluding carboxylic acids is 2. The van der Waals surface area contributed by atoms with Gasteiger partial charge in [-0.3, -0.25) is 14.3 Å². The Bertz CT molecular complexity index is 988. The summed E-state index contributed by atoms with van der Waals surface area (Å²) in [5.41, 5.74) is 0.799. The highest BCUT2D eigenvalue weighted by Crippen LogP contribution is 2.22. The predicted molar refractivity (Wildman–Crippen MR) is 116 cm³/mol. The topological polar surface area (TPSA) is 114 Å². The second kappa shape index (κ2) is 10.1. The van der Waals surface area contributed by atoms with Gasteiger partial charge in [-0.1, -0.05) is 19.9 Å². The number of carbonyl (C=O) groups is 2. The van der Waals surface area contributed by atoms with Crippen molar-refractivity contribution in [1.82, 2.24) is 5.32 Å². The molecule has 0 unspecified atom stereocenters. The fraction of sp³-hybridized carbons (Fsp3) is 0.333. The van der Waals surface area contributed by atoms with Crippen LogP contribution in [0.15, 0.2) is 53.4 Å². The van der Waals surface area contributed by atoms with Crippen molar-refractivity contribution >= 4 is 33.2 Å². The molecule has 2 amide bonds. The molecular weight excluding hydrogens is 406 g/mol. The molecule has 0 bridgehead atoms. The first-order chi connectivity index (χ1) is 14.1. The van der Waals surface area contributed by atoms with E-state index >= 15 is 0 Å². The molecule has 0 heterocycles. The van der Waals surface area contributed by atoms with Crippen LogP contribution in [0.25, 0.3) is 0 Å². The van der Waals surface area contributed by atoms with Gasteiger partial charge < -0.3 is 15.4 Å². The number of ether oxygens (including phenoxy) is 1. The number of amides is 2. The van der Waals surface area contributed by atoms with Crippen LogP contribution < -0.4 is 20.1 Å². The number of hydrogen-bond acceptors (Lipinski definition) is 5. The van der Waals surface area contributed by atoms with Gasteiger partial charge in [-0.25, -0.2) is 8.42 Å². The van der Waals surface area contributed by atoms with Crippen molar-refractivity contribution < 1.29 is 22.7 Å². The van der Waals surface area contributed by atoms with E-state index in [-0.39, 0.29) is 16.7 Å². The molecule has 3 N–H and O–H groups in total. The number of hydrogen-bond donors (Lipinski definition) is 3. The Hall–Kier alpha value is -3.07. The van der Waals surface area contributed by atoms with E-state index in [4.69, 9.17) is 4.74 Å². The summed E-state index contributed by atoms with van der Waals surface area (Å²) < 4.78 is 33.3. The zero-order chi connectivity index (χ0) is 22.3. The molecular formula is C21H27N3O5S. The lowest BCUT2D eigenvalue weighted by molar-refractivity contribution is -0.127. The molecule has 0 saturated carbocycles. The predicted octanol–water partition coefficient (Wildman–Crippen LogP) is 2.99. The zero-order valence-electron chi connectivity index (χ0n) is 17.4. The maximum absolute atomic E-state index is 12.6. The Morgan fingerprint density at radius 1 is 1.00 bits per heavy atom. The van der Waals surface area contributed by atoms with E-state index in [0.29, 0.717) is 29.6 Å². The third-order valence-electron chi connectivity index (χ3n) is 3.94. The van der Waals surface area contributed by atoms with Crippen LogP contribution in [0.4, 0.5) is 11.4 Å². The molecule has 0 aliphatic rings.